The Morgan fingerprint density at radius 3 is 0.762 bits per heavy atom. The van der Waals surface area contributed by atoms with Crippen LogP contribution >= 0.6 is 0 Å². The first kappa shape index (κ1) is 50.0. The monoisotopic (exact) mass is 1030 g/mol. The third-order valence-corrected chi connectivity index (χ3v) is 14.0. The number of anilines is 10. The Morgan fingerprint density at radius 2 is 0.438 bits per heavy atom. The first-order valence-electron chi connectivity index (χ1n) is 27.0. The summed E-state index contributed by atoms with van der Waals surface area (Å²) in [5.41, 5.74) is 23.1. The molecule has 0 spiro atoms. The van der Waals surface area contributed by atoms with Crippen molar-refractivity contribution < 1.29 is 0 Å². The zero-order chi connectivity index (χ0) is 53.7. The minimum absolute atomic E-state index is 0.947. The zero-order valence-corrected chi connectivity index (χ0v) is 44.0. The van der Waals surface area contributed by atoms with Crippen LogP contribution < -0.4 is 31.9 Å². The molecule has 0 saturated heterocycles. The van der Waals surface area contributed by atoms with E-state index in [2.05, 4.69) is 299 Å². The molecule has 6 heteroatoms. The van der Waals surface area contributed by atoms with Crippen LogP contribution in [-0.4, -0.2) is 0 Å². The normalized spacial score (nSPS) is 11.2. The standard InChI is InChI=1S/C74H58N6/c1-7-19-57(20-8-1)73(79-67-45-35-55(36-46-67)69-49-39-59(51-71(69)77-63-27-15-5-16-28-63)53-31-41-65(42-32-53)75-61-23-11-3-12-24-61)74(58-21-9-2-10-22-58)80-68-47-37-56(38-48-68)70-50-40-60(52-72(70)78-64-29-17-6-18-30-64)54-33-43-66(44-34-54)76-62-25-13-4-14-26-62/h1-52,75-80H/b74-73-. The Morgan fingerprint density at radius 1 is 0.188 bits per heavy atom. The molecule has 6 nitrogen and oxygen atoms in total. The van der Waals surface area contributed by atoms with Gasteiger partial charge in [-0.3, -0.25) is 0 Å². The maximum Gasteiger partial charge on any atom is 0.0703 e. The lowest BCUT2D eigenvalue weighted by molar-refractivity contribution is 1.47. The molecular formula is C74H58N6. The second kappa shape index (κ2) is 24.0. The molecule has 0 fully saturated rings. The van der Waals surface area contributed by atoms with Gasteiger partial charge in [-0.25, -0.2) is 0 Å². The molecule has 0 radical (unpaired) electrons. The number of para-hydroxylation sites is 4. The zero-order valence-electron chi connectivity index (χ0n) is 44.0. The summed E-state index contributed by atoms with van der Waals surface area (Å²) >= 11 is 0. The van der Waals surface area contributed by atoms with Crippen LogP contribution in [0.25, 0.3) is 55.9 Å². The summed E-state index contributed by atoms with van der Waals surface area (Å²) in [6, 6.07) is 110. The highest BCUT2D eigenvalue weighted by molar-refractivity contribution is 6.00. The van der Waals surface area contributed by atoms with E-state index in [1.165, 1.54) is 0 Å². The summed E-state index contributed by atoms with van der Waals surface area (Å²) in [7, 11) is 0. The molecule has 80 heavy (non-hydrogen) atoms. The van der Waals surface area contributed by atoms with E-state index in [1.807, 2.05) is 48.5 Å². The number of hydrogen-bond acceptors (Lipinski definition) is 6. The van der Waals surface area contributed by atoms with E-state index in [-0.39, 0.29) is 0 Å². The molecule has 0 saturated carbocycles. The fourth-order valence-electron chi connectivity index (χ4n) is 9.90. The van der Waals surface area contributed by atoms with Gasteiger partial charge in [0.15, 0.2) is 0 Å². The quantitative estimate of drug-likeness (QED) is 0.0481. The molecule has 0 amide bonds. The number of rotatable bonds is 18. The summed E-state index contributed by atoms with van der Waals surface area (Å²) < 4.78 is 0. The van der Waals surface area contributed by atoms with Gasteiger partial charge in [0, 0.05) is 79.1 Å². The summed E-state index contributed by atoms with van der Waals surface area (Å²) in [6.07, 6.45) is 0. The minimum Gasteiger partial charge on any atom is -0.356 e. The van der Waals surface area contributed by atoms with Gasteiger partial charge >= 0.3 is 0 Å². The highest BCUT2D eigenvalue weighted by Gasteiger charge is 2.16. The van der Waals surface area contributed by atoms with Crippen LogP contribution in [0.3, 0.4) is 0 Å². The van der Waals surface area contributed by atoms with Gasteiger partial charge in [0.05, 0.1) is 11.4 Å². The summed E-state index contributed by atoms with van der Waals surface area (Å²) in [5.74, 6) is 0. The van der Waals surface area contributed by atoms with Crippen molar-refractivity contribution in [2.75, 3.05) is 31.9 Å². The van der Waals surface area contributed by atoms with Gasteiger partial charge in [-0.1, -0.05) is 206 Å². The van der Waals surface area contributed by atoms with E-state index in [0.29, 0.717) is 0 Å². The summed E-state index contributed by atoms with van der Waals surface area (Å²) in [6.45, 7) is 0. The molecule has 12 rings (SSSR count). The minimum atomic E-state index is 0.947. The molecular weight excluding hydrogens is 973 g/mol. The van der Waals surface area contributed by atoms with Gasteiger partial charge in [-0.15, -0.1) is 0 Å². The Labute approximate surface area is 468 Å². The topological polar surface area (TPSA) is 72.2 Å². The lowest BCUT2D eigenvalue weighted by Crippen LogP contribution is -2.09. The Hall–Kier alpha value is -10.8. The molecule has 0 aromatic heterocycles. The molecule has 6 N–H and O–H groups in total. The van der Waals surface area contributed by atoms with Crippen LogP contribution in [0, 0.1) is 0 Å². The van der Waals surface area contributed by atoms with E-state index in [1.54, 1.807) is 0 Å². The predicted octanol–water partition coefficient (Wildman–Crippen LogP) is 20.4. The van der Waals surface area contributed by atoms with Crippen LogP contribution in [0.15, 0.2) is 315 Å². The molecule has 0 unspecified atom stereocenters. The van der Waals surface area contributed by atoms with Gasteiger partial charge in [0.2, 0.25) is 0 Å². The van der Waals surface area contributed by atoms with Crippen molar-refractivity contribution in [3.05, 3.63) is 327 Å². The smallest absolute Gasteiger partial charge is 0.0703 e. The van der Waals surface area contributed by atoms with Gasteiger partial charge in [-0.05, 0) is 143 Å². The molecule has 0 aliphatic heterocycles. The SMILES string of the molecule is c1ccc(Nc2ccc(-c3ccc(-c4ccc(N/C(=C(\Nc5ccc(-c6ccc(-c7ccc(Nc8ccccc8)cc7)cc6Nc6ccccc6)cc5)c5ccccc5)c5ccccc5)cc4)c(Nc4ccccc4)c3)cc2)cc1. The average Bonchev–Trinajstić information content (AvgIpc) is 3.60. The molecule has 0 atom stereocenters. The van der Waals surface area contributed by atoms with Crippen molar-refractivity contribution in [3.8, 4) is 44.5 Å². The lowest BCUT2D eigenvalue weighted by atomic mass is 9.97. The van der Waals surface area contributed by atoms with E-state index < -0.39 is 0 Å². The fraction of sp³-hybridized carbons (Fsp3) is 0. The maximum absolute atomic E-state index is 3.88. The Balaban J connectivity index is 0.836. The van der Waals surface area contributed by atoms with Crippen molar-refractivity contribution in [2.45, 2.75) is 0 Å². The average molecular weight is 1030 g/mol. The van der Waals surface area contributed by atoms with Crippen molar-refractivity contribution in [3.63, 3.8) is 0 Å². The van der Waals surface area contributed by atoms with Crippen LogP contribution in [0.4, 0.5) is 56.9 Å². The van der Waals surface area contributed by atoms with Crippen molar-refractivity contribution in [1.82, 2.24) is 0 Å². The van der Waals surface area contributed by atoms with Gasteiger partial charge in [-0.2, -0.15) is 0 Å². The van der Waals surface area contributed by atoms with Crippen LogP contribution in [0.2, 0.25) is 0 Å². The first-order valence-corrected chi connectivity index (χ1v) is 27.0. The molecule has 0 aliphatic rings. The summed E-state index contributed by atoms with van der Waals surface area (Å²) in [5, 5.41) is 22.3. The van der Waals surface area contributed by atoms with Crippen LogP contribution in [0.5, 0.6) is 0 Å². The van der Waals surface area contributed by atoms with Crippen molar-refractivity contribution in [2.24, 2.45) is 0 Å². The first-order chi connectivity index (χ1) is 39.6. The molecule has 0 bridgehead atoms. The lowest BCUT2D eigenvalue weighted by Gasteiger charge is -2.21. The summed E-state index contributed by atoms with van der Waals surface area (Å²) in [4.78, 5) is 0. The van der Waals surface area contributed by atoms with E-state index in [0.717, 1.165) is 124 Å². The fourth-order valence-corrected chi connectivity index (χ4v) is 9.90. The van der Waals surface area contributed by atoms with Gasteiger partial charge in [0.1, 0.15) is 0 Å². The highest BCUT2D eigenvalue weighted by atomic mass is 15.0. The van der Waals surface area contributed by atoms with E-state index >= 15 is 0 Å². The molecule has 12 aromatic carbocycles. The van der Waals surface area contributed by atoms with Gasteiger partial charge < -0.3 is 31.9 Å². The van der Waals surface area contributed by atoms with E-state index in [9.17, 15) is 0 Å². The second-order valence-electron chi connectivity index (χ2n) is 19.5. The second-order valence-corrected chi connectivity index (χ2v) is 19.5. The molecule has 0 heterocycles. The Kier molecular flexibility index (Phi) is 15.0. The van der Waals surface area contributed by atoms with Crippen molar-refractivity contribution in [1.29, 1.82) is 0 Å². The van der Waals surface area contributed by atoms with E-state index in [4.69, 9.17) is 0 Å². The van der Waals surface area contributed by atoms with Crippen molar-refractivity contribution >= 4 is 68.3 Å². The van der Waals surface area contributed by atoms with Crippen LogP contribution in [-0.2, 0) is 0 Å². The largest absolute Gasteiger partial charge is 0.356 e. The van der Waals surface area contributed by atoms with Crippen LogP contribution in [0.1, 0.15) is 11.1 Å². The third kappa shape index (κ3) is 12.2. The number of hydrogen-bond donors (Lipinski definition) is 6. The predicted molar refractivity (Wildman–Crippen MR) is 340 cm³/mol. The maximum atomic E-state index is 3.88. The molecule has 0 aliphatic carbocycles. The number of benzene rings is 12. The molecule has 384 valence electrons. The highest BCUT2D eigenvalue weighted by Crippen LogP contribution is 2.39. The third-order valence-electron chi connectivity index (χ3n) is 14.0. The van der Waals surface area contributed by atoms with Gasteiger partial charge in [0.25, 0.3) is 0 Å². The number of nitrogens with one attached hydrogen (secondary N) is 6. The molecule has 12 aromatic rings. The Bertz CT molecular complexity index is 3700.